The number of nitriles is 1. The van der Waals surface area contributed by atoms with E-state index in [1.54, 1.807) is 17.8 Å². The summed E-state index contributed by atoms with van der Waals surface area (Å²) in [4.78, 5) is 1.19. The molecule has 0 saturated heterocycles. The van der Waals surface area contributed by atoms with Crippen LogP contribution in [-0.4, -0.2) is 6.26 Å². The zero-order chi connectivity index (χ0) is 13.0. The topological polar surface area (TPSA) is 33.0 Å². The van der Waals surface area contributed by atoms with Crippen molar-refractivity contribution in [1.29, 1.82) is 5.26 Å². The Morgan fingerprint density at radius 3 is 2.44 bits per heavy atom. The predicted octanol–water partition coefficient (Wildman–Crippen LogP) is 4.38. The third-order valence-corrected chi connectivity index (χ3v) is 3.29. The third-order valence-electron chi connectivity index (χ3n) is 2.54. The summed E-state index contributed by atoms with van der Waals surface area (Å²) < 4.78 is 5.75. The van der Waals surface area contributed by atoms with Gasteiger partial charge in [-0.05, 0) is 55.1 Å². The van der Waals surface area contributed by atoms with Crippen molar-refractivity contribution in [1.82, 2.24) is 0 Å². The van der Waals surface area contributed by atoms with Crippen molar-refractivity contribution in [3.63, 3.8) is 0 Å². The molecule has 0 amide bonds. The first-order valence-corrected chi connectivity index (χ1v) is 6.78. The first-order chi connectivity index (χ1) is 8.72. The van der Waals surface area contributed by atoms with Crippen LogP contribution in [-0.2, 0) is 0 Å². The summed E-state index contributed by atoms with van der Waals surface area (Å²) >= 11 is 1.69. The van der Waals surface area contributed by atoms with E-state index >= 15 is 0 Å². The van der Waals surface area contributed by atoms with E-state index in [0.717, 1.165) is 11.3 Å². The van der Waals surface area contributed by atoms with E-state index in [4.69, 9.17) is 10.00 Å². The van der Waals surface area contributed by atoms with Gasteiger partial charge in [0.2, 0.25) is 0 Å². The fourth-order valence-corrected chi connectivity index (χ4v) is 1.99. The van der Waals surface area contributed by atoms with Crippen LogP contribution in [0.3, 0.4) is 0 Å². The second kappa shape index (κ2) is 5.61. The molecule has 18 heavy (non-hydrogen) atoms. The van der Waals surface area contributed by atoms with Gasteiger partial charge in [0.25, 0.3) is 0 Å². The molecule has 0 unspecified atom stereocenters. The van der Waals surface area contributed by atoms with E-state index < -0.39 is 0 Å². The molecule has 0 aliphatic heterocycles. The molecule has 0 bridgehead atoms. The average molecular weight is 255 g/mol. The normalized spacial score (nSPS) is 9.83. The van der Waals surface area contributed by atoms with Gasteiger partial charge in [-0.25, -0.2) is 0 Å². The minimum atomic E-state index is 0.551. The molecule has 90 valence electrons. The molecule has 2 aromatic rings. The molecule has 2 aromatic carbocycles. The Morgan fingerprint density at radius 1 is 1.11 bits per heavy atom. The van der Waals surface area contributed by atoms with Crippen molar-refractivity contribution in [3.05, 3.63) is 53.6 Å². The molecule has 0 spiro atoms. The molecule has 0 aromatic heterocycles. The highest BCUT2D eigenvalue weighted by atomic mass is 32.2. The van der Waals surface area contributed by atoms with Crippen LogP contribution >= 0.6 is 11.8 Å². The third kappa shape index (κ3) is 2.85. The molecule has 0 radical (unpaired) electrons. The number of thioether (sulfide) groups is 1. The van der Waals surface area contributed by atoms with E-state index in [0.29, 0.717) is 11.3 Å². The van der Waals surface area contributed by atoms with Gasteiger partial charge < -0.3 is 4.74 Å². The van der Waals surface area contributed by atoms with E-state index in [2.05, 4.69) is 6.07 Å². The van der Waals surface area contributed by atoms with Crippen molar-refractivity contribution in [2.24, 2.45) is 0 Å². The molecule has 0 aliphatic carbocycles. The molecule has 0 N–H and O–H groups in total. The van der Waals surface area contributed by atoms with Gasteiger partial charge >= 0.3 is 0 Å². The maximum Gasteiger partial charge on any atom is 0.145 e. The van der Waals surface area contributed by atoms with Crippen LogP contribution in [0.15, 0.2) is 47.4 Å². The van der Waals surface area contributed by atoms with Crippen LogP contribution in [0.25, 0.3) is 0 Å². The van der Waals surface area contributed by atoms with Gasteiger partial charge in [-0.2, -0.15) is 5.26 Å². The van der Waals surface area contributed by atoms with Crippen LogP contribution in [0.5, 0.6) is 11.5 Å². The number of nitrogens with zero attached hydrogens (tertiary/aromatic N) is 1. The van der Waals surface area contributed by atoms with Gasteiger partial charge in [-0.3, -0.25) is 0 Å². The summed E-state index contributed by atoms with van der Waals surface area (Å²) in [6.07, 6.45) is 2.03. The Labute approximate surface area is 111 Å². The molecule has 0 saturated carbocycles. The minimum absolute atomic E-state index is 0.551. The summed E-state index contributed by atoms with van der Waals surface area (Å²) in [6.45, 7) is 1.98. The zero-order valence-electron chi connectivity index (χ0n) is 10.3. The van der Waals surface area contributed by atoms with Gasteiger partial charge in [0.05, 0.1) is 5.56 Å². The molecule has 0 aliphatic rings. The monoisotopic (exact) mass is 255 g/mol. The van der Waals surface area contributed by atoms with Crippen molar-refractivity contribution in [2.45, 2.75) is 11.8 Å². The van der Waals surface area contributed by atoms with Gasteiger partial charge in [-0.1, -0.05) is 6.07 Å². The SMILES string of the molecule is CSc1ccc(Oc2cc(C)ccc2C#N)cc1. The first kappa shape index (κ1) is 12.5. The zero-order valence-corrected chi connectivity index (χ0v) is 11.1. The summed E-state index contributed by atoms with van der Waals surface area (Å²) in [6, 6.07) is 15.5. The summed E-state index contributed by atoms with van der Waals surface area (Å²) in [7, 11) is 0. The Morgan fingerprint density at radius 2 is 1.83 bits per heavy atom. The van der Waals surface area contributed by atoms with Crippen LogP contribution in [0, 0.1) is 18.3 Å². The number of hydrogen-bond acceptors (Lipinski definition) is 3. The van der Waals surface area contributed by atoms with E-state index in [9.17, 15) is 0 Å². The summed E-state index contributed by atoms with van der Waals surface area (Å²) in [5, 5.41) is 9.04. The molecular formula is C15H13NOS. The first-order valence-electron chi connectivity index (χ1n) is 5.55. The van der Waals surface area contributed by atoms with E-state index in [1.807, 2.05) is 49.6 Å². The predicted molar refractivity (Wildman–Crippen MR) is 74.2 cm³/mol. The number of rotatable bonds is 3. The molecule has 2 rings (SSSR count). The lowest BCUT2D eigenvalue weighted by atomic mass is 10.1. The van der Waals surface area contributed by atoms with Crippen molar-refractivity contribution in [2.75, 3.05) is 6.26 Å². The van der Waals surface area contributed by atoms with Crippen molar-refractivity contribution < 1.29 is 4.74 Å². The fourth-order valence-electron chi connectivity index (χ4n) is 1.58. The minimum Gasteiger partial charge on any atom is -0.456 e. The summed E-state index contributed by atoms with van der Waals surface area (Å²) in [5.41, 5.74) is 1.62. The molecule has 3 heteroatoms. The maximum absolute atomic E-state index is 9.04. The lowest BCUT2D eigenvalue weighted by molar-refractivity contribution is 0.480. The smallest absolute Gasteiger partial charge is 0.145 e. The second-order valence-electron chi connectivity index (χ2n) is 3.89. The molecule has 2 nitrogen and oxygen atoms in total. The fraction of sp³-hybridized carbons (Fsp3) is 0.133. The van der Waals surface area contributed by atoms with Crippen LogP contribution in [0.1, 0.15) is 11.1 Å². The standard InChI is InChI=1S/C15H13NOS/c1-11-3-4-12(10-16)15(9-11)17-13-5-7-14(18-2)8-6-13/h3-9H,1-2H3. The number of hydrogen-bond donors (Lipinski definition) is 0. The maximum atomic E-state index is 9.04. The Bertz CT molecular complexity index is 584. The molecule has 0 fully saturated rings. The molecule has 0 atom stereocenters. The van der Waals surface area contributed by atoms with Gasteiger partial charge in [0, 0.05) is 4.90 Å². The Hall–Kier alpha value is -1.92. The van der Waals surface area contributed by atoms with Crippen LogP contribution < -0.4 is 4.74 Å². The number of benzene rings is 2. The summed E-state index contributed by atoms with van der Waals surface area (Å²) in [5.74, 6) is 1.35. The highest BCUT2D eigenvalue weighted by Gasteiger charge is 2.05. The van der Waals surface area contributed by atoms with E-state index in [1.165, 1.54) is 4.90 Å². The van der Waals surface area contributed by atoms with Gasteiger partial charge in [-0.15, -0.1) is 11.8 Å². The van der Waals surface area contributed by atoms with Crippen molar-refractivity contribution in [3.8, 4) is 17.6 Å². The molecule has 0 heterocycles. The Kier molecular flexibility index (Phi) is 3.91. The number of aryl methyl sites for hydroxylation is 1. The van der Waals surface area contributed by atoms with Gasteiger partial charge in [0.15, 0.2) is 0 Å². The molecular weight excluding hydrogens is 242 g/mol. The lowest BCUT2D eigenvalue weighted by Gasteiger charge is -2.08. The number of ether oxygens (including phenoxy) is 1. The highest BCUT2D eigenvalue weighted by Crippen LogP contribution is 2.27. The average Bonchev–Trinajstić information content (AvgIpc) is 2.40. The largest absolute Gasteiger partial charge is 0.456 e. The van der Waals surface area contributed by atoms with E-state index in [-0.39, 0.29) is 0 Å². The quantitative estimate of drug-likeness (QED) is 0.763. The second-order valence-corrected chi connectivity index (χ2v) is 4.77. The van der Waals surface area contributed by atoms with Gasteiger partial charge in [0.1, 0.15) is 17.6 Å². The Balaban J connectivity index is 2.27. The highest BCUT2D eigenvalue weighted by molar-refractivity contribution is 7.98. The van der Waals surface area contributed by atoms with Crippen molar-refractivity contribution >= 4 is 11.8 Å². The van der Waals surface area contributed by atoms with Crippen LogP contribution in [0.2, 0.25) is 0 Å². The van der Waals surface area contributed by atoms with Crippen LogP contribution in [0.4, 0.5) is 0 Å². The lowest BCUT2D eigenvalue weighted by Crippen LogP contribution is -1.89.